The number of aliphatic hydroxyl groups is 1. The highest BCUT2D eigenvalue weighted by Gasteiger charge is 2.43. The van der Waals surface area contributed by atoms with E-state index < -0.39 is 67.4 Å². The molecule has 0 fully saturated rings. The zero-order chi connectivity index (χ0) is 28.2. The Bertz CT molecular complexity index is 745. The van der Waals surface area contributed by atoms with Gasteiger partial charge < -0.3 is 24.1 Å². The Hall–Kier alpha value is -2.02. The van der Waals surface area contributed by atoms with E-state index in [9.17, 15) is 37.5 Å². The third-order valence-corrected chi connectivity index (χ3v) is 6.42. The number of ether oxygens (including phenoxy) is 4. The van der Waals surface area contributed by atoms with Crippen LogP contribution in [0.15, 0.2) is 0 Å². The molecule has 9 nitrogen and oxygen atoms in total. The molecular weight excluding hydrogens is 557 g/mol. The quantitative estimate of drug-likeness (QED) is 0.0860. The standard InChI is InChI=1S/C23H37F3O9S.4CH4/c1-7-22(6,19(30)32-9-8-23(24,25)26)13-21(4,5)18(29)33-10-17(28)11-34-20(31)35-14-36-12-15(2)16(3)27;;;;/h15,17,28H,7-14H2,1-6H3;4*1H4. The number of Topliss-reactive ketones (excluding diaryl/α,β-unsaturated/α-hetero) is 1. The molecule has 0 amide bonds. The maximum absolute atomic E-state index is 12.6. The van der Waals surface area contributed by atoms with Gasteiger partial charge in [0.25, 0.3) is 0 Å². The molecule has 40 heavy (non-hydrogen) atoms. The van der Waals surface area contributed by atoms with Gasteiger partial charge in [-0.3, -0.25) is 14.4 Å². The first kappa shape index (κ1) is 47.8. The van der Waals surface area contributed by atoms with Crippen molar-refractivity contribution in [3.05, 3.63) is 0 Å². The van der Waals surface area contributed by atoms with Crippen molar-refractivity contribution in [3.8, 4) is 0 Å². The minimum Gasteiger partial charge on any atom is -0.465 e. The van der Waals surface area contributed by atoms with E-state index in [1.807, 2.05) is 0 Å². The summed E-state index contributed by atoms with van der Waals surface area (Å²) < 4.78 is 56.4. The summed E-state index contributed by atoms with van der Waals surface area (Å²) >= 11 is 1.22. The second kappa shape index (κ2) is 21.7. The molecule has 0 rings (SSSR count). The minimum absolute atomic E-state index is 0. The zero-order valence-electron chi connectivity index (χ0n) is 21.6. The fourth-order valence-electron chi connectivity index (χ4n) is 2.88. The summed E-state index contributed by atoms with van der Waals surface area (Å²) in [5.41, 5.74) is -2.47. The Morgan fingerprint density at radius 3 is 1.88 bits per heavy atom. The first-order chi connectivity index (χ1) is 16.4. The zero-order valence-corrected chi connectivity index (χ0v) is 22.4. The minimum atomic E-state index is -4.46. The van der Waals surface area contributed by atoms with Gasteiger partial charge in [0.15, 0.2) is 0 Å². The Morgan fingerprint density at radius 2 is 1.40 bits per heavy atom. The number of alkyl halides is 3. The maximum atomic E-state index is 12.6. The molecule has 13 heteroatoms. The highest BCUT2D eigenvalue weighted by molar-refractivity contribution is 7.99. The van der Waals surface area contributed by atoms with E-state index in [4.69, 9.17) is 18.9 Å². The van der Waals surface area contributed by atoms with Crippen molar-refractivity contribution in [3.63, 3.8) is 0 Å². The van der Waals surface area contributed by atoms with Gasteiger partial charge in [0, 0.05) is 11.7 Å². The third kappa shape index (κ3) is 19.9. The molecule has 0 aromatic carbocycles. The molecule has 3 atom stereocenters. The van der Waals surface area contributed by atoms with Crippen molar-refractivity contribution in [2.75, 3.05) is 31.5 Å². The average molecular weight is 611 g/mol. The van der Waals surface area contributed by atoms with E-state index in [0.29, 0.717) is 5.75 Å². The van der Waals surface area contributed by atoms with Gasteiger partial charge >= 0.3 is 24.3 Å². The van der Waals surface area contributed by atoms with E-state index in [0.717, 1.165) is 0 Å². The number of aliphatic hydroxyl groups excluding tert-OH is 1. The summed E-state index contributed by atoms with van der Waals surface area (Å²) in [6, 6.07) is 0. The number of hydrogen-bond donors (Lipinski definition) is 1. The average Bonchev–Trinajstić information content (AvgIpc) is 2.77. The molecule has 0 bridgehead atoms. The SMILES string of the molecule is C.C.C.C.CCC(C)(CC(C)(C)C(=O)OCC(O)COC(=O)OCSCC(C)C(C)=O)C(=O)OCCC(F)(F)F. The first-order valence-electron chi connectivity index (χ1n) is 11.4. The smallest absolute Gasteiger partial charge is 0.465 e. The highest BCUT2D eigenvalue weighted by atomic mass is 32.2. The van der Waals surface area contributed by atoms with Gasteiger partial charge in [0.1, 0.15) is 31.0 Å². The van der Waals surface area contributed by atoms with E-state index in [-0.39, 0.29) is 60.2 Å². The van der Waals surface area contributed by atoms with Crippen LogP contribution in [0.1, 0.15) is 90.5 Å². The fourth-order valence-corrected chi connectivity index (χ4v) is 3.74. The Labute approximate surface area is 243 Å². The molecule has 1 N–H and O–H groups in total. The molecule has 242 valence electrons. The van der Waals surface area contributed by atoms with Gasteiger partial charge in [-0.05, 0) is 40.5 Å². The lowest BCUT2D eigenvalue weighted by molar-refractivity contribution is -0.171. The van der Waals surface area contributed by atoms with Crippen LogP contribution in [0.3, 0.4) is 0 Å². The molecule has 0 aromatic heterocycles. The number of halogens is 3. The molecule has 0 spiro atoms. The second-order valence-corrected chi connectivity index (χ2v) is 10.4. The van der Waals surface area contributed by atoms with Crippen LogP contribution in [-0.2, 0) is 33.3 Å². The molecule has 0 aliphatic rings. The van der Waals surface area contributed by atoms with Crippen molar-refractivity contribution in [2.45, 2.75) is 103 Å². The van der Waals surface area contributed by atoms with Crippen LogP contribution < -0.4 is 0 Å². The molecular formula is C27H53F3O9S. The summed E-state index contributed by atoms with van der Waals surface area (Å²) in [5, 5.41) is 9.93. The molecule has 0 saturated heterocycles. The normalized spacial score (nSPS) is 13.8. The molecule has 0 saturated carbocycles. The summed E-state index contributed by atoms with van der Waals surface area (Å²) in [7, 11) is 0. The molecule has 0 radical (unpaired) electrons. The van der Waals surface area contributed by atoms with Crippen molar-refractivity contribution in [2.24, 2.45) is 16.7 Å². The van der Waals surface area contributed by atoms with E-state index in [2.05, 4.69) is 0 Å². The Kier molecular flexibility index (Phi) is 25.9. The number of carbonyl (C=O) groups is 4. The van der Waals surface area contributed by atoms with Crippen LogP contribution >= 0.6 is 11.8 Å². The van der Waals surface area contributed by atoms with E-state index >= 15 is 0 Å². The summed E-state index contributed by atoms with van der Waals surface area (Å²) in [6.07, 6.45) is -7.96. The van der Waals surface area contributed by atoms with E-state index in [1.165, 1.54) is 39.5 Å². The van der Waals surface area contributed by atoms with Crippen molar-refractivity contribution in [1.82, 2.24) is 0 Å². The van der Waals surface area contributed by atoms with Gasteiger partial charge in [0.2, 0.25) is 0 Å². The summed E-state index contributed by atoms with van der Waals surface area (Å²) in [6.45, 7) is 7.54. The maximum Gasteiger partial charge on any atom is 0.509 e. The van der Waals surface area contributed by atoms with Gasteiger partial charge in [-0.25, -0.2) is 4.79 Å². The number of ketones is 1. The number of rotatable bonds is 16. The number of thioether (sulfide) groups is 1. The third-order valence-electron chi connectivity index (χ3n) is 5.40. The van der Waals surface area contributed by atoms with Gasteiger partial charge in [-0.2, -0.15) is 13.2 Å². The number of carbonyl (C=O) groups excluding carboxylic acids is 4. The summed E-state index contributed by atoms with van der Waals surface area (Å²) in [5.74, 6) is -1.33. The molecule has 3 unspecified atom stereocenters. The van der Waals surface area contributed by atoms with Gasteiger partial charge in [-0.1, -0.05) is 43.6 Å². The lowest BCUT2D eigenvalue weighted by atomic mass is 9.72. The number of esters is 2. The van der Waals surface area contributed by atoms with Gasteiger partial charge in [-0.15, -0.1) is 11.8 Å². The van der Waals surface area contributed by atoms with Crippen molar-refractivity contribution < 1.29 is 56.4 Å². The lowest BCUT2D eigenvalue weighted by Gasteiger charge is -2.33. The predicted molar refractivity (Wildman–Crippen MR) is 152 cm³/mol. The topological polar surface area (TPSA) is 125 Å². The largest absolute Gasteiger partial charge is 0.509 e. The molecule has 0 heterocycles. The second-order valence-electron chi connectivity index (χ2n) is 9.43. The Morgan fingerprint density at radius 1 is 0.875 bits per heavy atom. The molecule has 0 aliphatic heterocycles. The van der Waals surface area contributed by atoms with Crippen LogP contribution in [-0.4, -0.2) is 72.8 Å². The van der Waals surface area contributed by atoms with Crippen LogP contribution in [0, 0.1) is 16.7 Å². The van der Waals surface area contributed by atoms with Crippen LogP contribution in [0.2, 0.25) is 0 Å². The fraction of sp³-hybridized carbons (Fsp3) is 0.852. The predicted octanol–water partition coefficient (Wildman–Crippen LogP) is 6.83. The molecule has 0 aliphatic carbocycles. The van der Waals surface area contributed by atoms with Crippen molar-refractivity contribution in [1.29, 1.82) is 0 Å². The van der Waals surface area contributed by atoms with Crippen LogP contribution in [0.4, 0.5) is 18.0 Å². The van der Waals surface area contributed by atoms with Crippen LogP contribution in [0.25, 0.3) is 0 Å². The number of hydrogen-bond acceptors (Lipinski definition) is 10. The van der Waals surface area contributed by atoms with Crippen LogP contribution in [0.5, 0.6) is 0 Å². The highest BCUT2D eigenvalue weighted by Crippen LogP contribution is 2.38. The lowest BCUT2D eigenvalue weighted by Crippen LogP contribution is -2.39. The first-order valence-corrected chi connectivity index (χ1v) is 12.6. The Balaban J connectivity index is -0.00000102. The monoisotopic (exact) mass is 610 g/mol. The van der Waals surface area contributed by atoms with Gasteiger partial charge in [0.05, 0.1) is 23.9 Å². The van der Waals surface area contributed by atoms with E-state index in [1.54, 1.807) is 13.8 Å². The van der Waals surface area contributed by atoms with Crippen molar-refractivity contribution >= 4 is 35.6 Å². The summed E-state index contributed by atoms with van der Waals surface area (Å²) in [4.78, 5) is 47.6. The molecule has 0 aromatic rings.